The quantitative estimate of drug-likeness (QED) is 0.766. The van der Waals surface area contributed by atoms with Gasteiger partial charge < -0.3 is 10.2 Å². The highest BCUT2D eigenvalue weighted by atomic mass is 16.1. The zero-order valence-electron chi connectivity index (χ0n) is 11.2. The third kappa shape index (κ3) is 3.01. The summed E-state index contributed by atoms with van der Waals surface area (Å²) < 4.78 is 0. The monoisotopic (exact) mass is 238 g/mol. The second-order valence-electron chi connectivity index (χ2n) is 5.60. The van der Waals surface area contributed by atoms with Gasteiger partial charge in [0, 0.05) is 19.0 Å². The molecular formula is C14H26N2O. The topological polar surface area (TPSA) is 32.3 Å². The van der Waals surface area contributed by atoms with E-state index < -0.39 is 0 Å². The van der Waals surface area contributed by atoms with Crippen LogP contribution in [0.5, 0.6) is 0 Å². The summed E-state index contributed by atoms with van der Waals surface area (Å²) in [5, 5.41) is 3.13. The number of likely N-dealkylation sites (N-methyl/N-ethyl adjacent to an activating group) is 1. The van der Waals surface area contributed by atoms with Crippen molar-refractivity contribution < 1.29 is 4.79 Å². The van der Waals surface area contributed by atoms with Crippen LogP contribution in [0.1, 0.15) is 39.5 Å². The van der Waals surface area contributed by atoms with Gasteiger partial charge in [0.05, 0.1) is 0 Å². The van der Waals surface area contributed by atoms with Gasteiger partial charge in [-0.25, -0.2) is 0 Å². The molecule has 1 amide bonds. The maximum Gasteiger partial charge on any atom is 0.223 e. The van der Waals surface area contributed by atoms with E-state index in [-0.39, 0.29) is 0 Å². The Bertz CT molecular complexity index is 263. The van der Waals surface area contributed by atoms with Crippen molar-refractivity contribution in [1.82, 2.24) is 10.2 Å². The Hall–Kier alpha value is -0.570. The van der Waals surface area contributed by atoms with Gasteiger partial charge >= 0.3 is 0 Å². The van der Waals surface area contributed by atoms with Crippen LogP contribution in [0.25, 0.3) is 0 Å². The fraction of sp³-hybridized carbons (Fsp3) is 0.929. The van der Waals surface area contributed by atoms with E-state index in [1.54, 1.807) is 0 Å². The molecule has 2 rings (SSSR count). The van der Waals surface area contributed by atoms with Gasteiger partial charge in [0.15, 0.2) is 0 Å². The number of carbonyl (C=O) groups excluding carboxylic acids is 1. The van der Waals surface area contributed by atoms with Crippen molar-refractivity contribution in [3.05, 3.63) is 0 Å². The normalized spacial score (nSPS) is 31.1. The summed E-state index contributed by atoms with van der Waals surface area (Å²) in [7, 11) is 0. The van der Waals surface area contributed by atoms with Gasteiger partial charge in [0.1, 0.15) is 0 Å². The first kappa shape index (κ1) is 12.9. The maximum absolute atomic E-state index is 12.1. The molecule has 2 bridgehead atoms. The van der Waals surface area contributed by atoms with Gasteiger partial charge in [-0.15, -0.1) is 0 Å². The van der Waals surface area contributed by atoms with E-state index in [9.17, 15) is 4.79 Å². The molecule has 0 radical (unpaired) electrons. The highest BCUT2D eigenvalue weighted by molar-refractivity contribution is 5.79. The zero-order valence-corrected chi connectivity index (χ0v) is 11.2. The lowest BCUT2D eigenvalue weighted by Crippen LogP contribution is -2.39. The molecule has 2 aliphatic carbocycles. The van der Waals surface area contributed by atoms with E-state index in [2.05, 4.69) is 24.1 Å². The van der Waals surface area contributed by atoms with Crippen molar-refractivity contribution in [2.24, 2.45) is 17.8 Å². The Morgan fingerprint density at radius 2 is 2.00 bits per heavy atom. The molecule has 2 aliphatic rings. The summed E-state index contributed by atoms with van der Waals surface area (Å²) in [5.41, 5.74) is 0. The SMILES string of the molecule is CCN(CC)CCNC(=O)C1CC2CCC1C2. The smallest absolute Gasteiger partial charge is 0.223 e. The van der Waals surface area contributed by atoms with Gasteiger partial charge in [-0.05, 0) is 44.2 Å². The van der Waals surface area contributed by atoms with Crippen LogP contribution in [-0.2, 0) is 4.79 Å². The largest absolute Gasteiger partial charge is 0.355 e. The molecule has 0 heterocycles. The van der Waals surface area contributed by atoms with Gasteiger partial charge in [-0.2, -0.15) is 0 Å². The predicted molar refractivity (Wildman–Crippen MR) is 69.7 cm³/mol. The van der Waals surface area contributed by atoms with Gasteiger partial charge in [-0.1, -0.05) is 20.3 Å². The third-order valence-corrected chi connectivity index (χ3v) is 4.70. The first-order chi connectivity index (χ1) is 8.24. The standard InChI is InChI=1S/C14H26N2O/c1-3-16(4-2)8-7-15-14(17)13-10-11-5-6-12(13)9-11/h11-13H,3-10H2,1-2H3,(H,15,17). The van der Waals surface area contributed by atoms with Crippen molar-refractivity contribution in [2.75, 3.05) is 26.2 Å². The van der Waals surface area contributed by atoms with Gasteiger partial charge in [-0.3, -0.25) is 4.79 Å². The Kier molecular flexibility index (Phi) is 4.43. The Labute approximate surface area is 105 Å². The number of fused-ring (bicyclic) bond motifs is 2. The molecule has 0 aromatic heterocycles. The maximum atomic E-state index is 12.1. The fourth-order valence-electron chi connectivity index (χ4n) is 3.57. The van der Waals surface area contributed by atoms with Crippen LogP contribution in [0.3, 0.4) is 0 Å². The van der Waals surface area contributed by atoms with Gasteiger partial charge in [0.25, 0.3) is 0 Å². The molecule has 1 N–H and O–H groups in total. The number of hydrogen-bond donors (Lipinski definition) is 1. The summed E-state index contributed by atoms with van der Waals surface area (Å²) in [6, 6.07) is 0. The number of carbonyl (C=O) groups is 1. The number of nitrogens with zero attached hydrogens (tertiary/aromatic N) is 1. The average Bonchev–Trinajstić information content (AvgIpc) is 2.96. The lowest BCUT2D eigenvalue weighted by atomic mass is 9.88. The van der Waals surface area contributed by atoms with E-state index in [0.717, 1.165) is 38.5 Å². The molecule has 2 saturated carbocycles. The first-order valence-corrected chi connectivity index (χ1v) is 7.24. The van der Waals surface area contributed by atoms with Crippen LogP contribution < -0.4 is 5.32 Å². The first-order valence-electron chi connectivity index (χ1n) is 7.24. The Balaban J connectivity index is 1.67. The summed E-state index contributed by atoms with van der Waals surface area (Å²) in [4.78, 5) is 14.4. The van der Waals surface area contributed by atoms with Crippen molar-refractivity contribution >= 4 is 5.91 Å². The van der Waals surface area contributed by atoms with Gasteiger partial charge in [0.2, 0.25) is 5.91 Å². The molecule has 0 spiro atoms. The summed E-state index contributed by atoms with van der Waals surface area (Å²) in [6.07, 6.45) is 5.13. The molecule has 0 aromatic carbocycles. The van der Waals surface area contributed by atoms with Crippen LogP contribution in [0.15, 0.2) is 0 Å². The lowest BCUT2D eigenvalue weighted by molar-refractivity contribution is -0.126. The number of rotatable bonds is 6. The molecular weight excluding hydrogens is 212 g/mol. The Morgan fingerprint density at radius 3 is 2.53 bits per heavy atom. The van der Waals surface area contributed by atoms with E-state index in [0.29, 0.717) is 17.7 Å². The van der Waals surface area contributed by atoms with Crippen molar-refractivity contribution in [3.63, 3.8) is 0 Å². The van der Waals surface area contributed by atoms with Crippen LogP contribution in [0.2, 0.25) is 0 Å². The lowest BCUT2D eigenvalue weighted by Gasteiger charge is -2.22. The predicted octanol–water partition coefficient (Wildman–Crippen LogP) is 1.88. The van der Waals surface area contributed by atoms with Crippen LogP contribution in [0, 0.1) is 17.8 Å². The fourth-order valence-corrected chi connectivity index (χ4v) is 3.57. The van der Waals surface area contributed by atoms with E-state index in [1.165, 1.54) is 19.3 Å². The van der Waals surface area contributed by atoms with Crippen molar-refractivity contribution in [3.8, 4) is 0 Å². The number of nitrogens with one attached hydrogen (secondary N) is 1. The highest BCUT2D eigenvalue weighted by Crippen LogP contribution is 2.48. The van der Waals surface area contributed by atoms with E-state index in [1.807, 2.05) is 0 Å². The average molecular weight is 238 g/mol. The molecule has 17 heavy (non-hydrogen) atoms. The summed E-state index contributed by atoms with van der Waals surface area (Å²) in [5.74, 6) is 2.22. The molecule has 3 nitrogen and oxygen atoms in total. The highest BCUT2D eigenvalue weighted by Gasteiger charge is 2.42. The summed E-state index contributed by atoms with van der Waals surface area (Å²) >= 11 is 0. The molecule has 0 aliphatic heterocycles. The van der Waals surface area contributed by atoms with Crippen LogP contribution in [0.4, 0.5) is 0 Å². The molecule has 3 heteroatoms. The molecule has 3 atom stereocenters. The number of hydrogen-bond acceptors (Lipinski definition) is 2. The minimum atomic E-state index is 0.323. The molecule has 0 saturated heterocycles. The molecule has 0 aromatic rings. The van der Waals surface area contributed by atoms with Crippen molar-refractivity contribution in [1.29, 1.82) is 0 Å². The van der Waals surface area contributed by atoms with Crippen molar-refractivity contribution in [2.45, 2.75) is 39.5 Å². The van der Waals surface area contributed by atoms with Crippen LogP contribution >= 0.6 is 0 Å². The summed E-state index contributed by atoms with van der Waals surface area (Å²) in [6.45, 7) is 8.28. The minimum Gasteiger partial charge on any atom is -0.355 e. The second-order valence-corrected chi connectivity index (χ2v) is 5.60. The second kappa shape index (κ2) is 5.85. The molecule has 2 fully saturated rings. The Morgan fingerprint density at radius 1 is 1.24 bits per heavy atom. The zero-order chi connectivity index (χ0) is 12.3. The number of amides is 1. The molecule has 98 valence electrons. The third-order valence-electron chi connectivity index (χ3n) is 4.70. The minimum absolute atomic E-state index is 0.323. The van der Waals surface area contributed by atoms with Crippen LogP contribution in [-0.4, -0.2) is 37.0 Å². The molecule has 3 unspecified atom stereocenters. The van der Waals surface area contributed by atoms with E-state index >= 15 is 0 Å². The van der Waals surface area contributed by atoms with E-state index in [4.69, 9.17) is 0 Å².